The standard InChI is InChI=1S/C33H36N2O7/c1-22-19-25(42-21-23-7-5-4-6-8-23)10-11-26(22)31(36)29-30(24-9-12-27(39-2)28(20-24)40-3)35(33(38)32(29)37)14-13-34-15-17-41-18-16-34/h4-12,19-20,30,36H,13-18,21H2,1-3H3/b31-29+/t30-/m1/s1. The zero-order valence-electron chi connectivity index (χ0n) is 24.2. The summed E-state index contributed by atoms with van der Waals surface area (Å²) in [6.45, 7) is 5.89. The van der Waals surface area contributed by atoms with Crippen LogP contribution in [0.5, 0.6) is 17.2 Å². The van der Waals surface area contributed by atoms with Gasteiger partial charge in [-0.3, -0.25) is 14.5 Å². The molecule has 9 nitrogen and oxygen atoms in total. The van der Waals surface area contributed by atoms with Crippen LogP contribution in [-0.2, 0) is 20.9 Å². The number of aliphatic hydroxyl groups is 1. The van der Waals surface area contributed by atoms with Crippen molar-refractivity contribution in [1.29, 1.82) is 0 Å². The number of Topliss-reactive ketones (excluding diaryl/α,β-unsaturated/α-hetero) is 1. The summed E-state index contributed by atoms with van der Waals surface area (Å²) in [5.74, 6) is 0.0193. The molecule has 1 amide bonds. The summed E-state index contributed by atoms with van der Waals surface area (Å²) in [4.78, 5) is 30.8. The van der Waals surface area contributed by atoms with Gasteiger partial charge in [0, 0.05) is 31.7 Å². The molecule has 5 rings (SSSR count). The fraction of sp³-hybridized carbons (Fsp3) is 0.333. The van der Waals surface area contributed by atoms with Gasteiger partial charge in [-0.05, 0) is 53.9 Å². The minimum atomic E-state index is -0.806. The summed E-state index contributed by atoms with van der Waals surface area (Å²) in [5.41, 5.74) is 2.88. The molecular formula is C33H36N2O7. The molecule has 9 heteroatoms. The number of ether oxygens (including phenoxy) is 4. The summed E-state index contributed by atoms with van der Waals surface area (Å²) in [5, 5.41) is 11.6. The maximum atomic E-state index is 13.6. The lowest BCUT2D eigenvalue weighted by molar-refractivity contribution is -0.140. The highest BCUT2D eigenvalue weighted by atomic mass is 16.5. The summed E-state index contributed by atoms with van der Waals surface area (Å²) in [7, 11) is 3.07. The van der Waals surface area contributed by atoms with Crippen LogP contribution in [0.4, 0.5) is 0 Å². The number of carbonyl (C=O) groups is 2. The lowest BCUT2D eigenvalue weighted by Crippen LogP contribution is -2.42. The van der Waals surface area contributed by atoms with E-state index in [-0.39, 0.29) is 11.3 Å². The SMILES string of the molecule is COc1ccc([C@@H]2/C(=C(\O)c3ccc(OCc4ccccc4)cc3C)C(=O)C(=O)N2CCN2CCOCC2)cc1OC. The van der Waals surface area contributed by atoms with Crippen LogP contribution < -0.4 is 14.2 Å². The molecule has 0 bridgehead atoms. The lowest BCUT2D eigenvalue weighted by Gasteiger charge is -2.31. The predicted molar refractivity (Wildman–Crippen MR) is 158 cm³/mol. The Bertz CT molecular complexity index is 1460. The Morgan fingerprint density at radius 1 is 0.929 bits per heavy atom. The van der Waals surface area contributed by atoms with Gasteiger partial charge in [0.2, 0.25) is 0 Å². The molecule has 220 valence electrons. The van der Waals surface area contributed by atoms with Crippen LogP contribution in [0.1, 0.15) is 28.3 Å². The van der Waals surface area contributed by atoms with Crippen LogP contribution in [0.2, 0.25) is 0 Å². The Kier molecular flexibility index (Phi) is 9.09. The molecule has 2 saturated heterocycles. The third-order valence-electron chi connectivity index (χ3n) is 7.73. The van der Waals surface area contributed by atoms with Gasteiger partial charge >= 0.3 is 0 Å². The molecule has 0 unspecified atom stereocenters. The smallest absolute Gasteiger partial charge is 0.295 e. The van der Waals surface area contributed by atoms with E-state index in [9.17, 15) is 14.7 Å². The number of nitrogens with zero attached hydrogens (tertiary/aromatic N) is 2. The van der Waals surface area contributed by atoms with Gasteiger partial charge in [0.15, 0.2) is 11.5 Å². The van der Waals surface area contributed by atoms with Crippen molar-refractivity contribution in [3.8, 4) is 17.2 Å². The molecule has 0 aliphatic carbocycles. The van der Waals surface area contributed by atoms with Crippen LogP contribution in [0.15, 0.2) is 72.3 Å². The molecule has 0 saturated carbocycles. The number of likely N-dealkylation sites (tertiary alicyclic amines) is 1. The van der Waals surface area contributed by atoms with E-state index >= 15 is 0 Å². The first-order chi connectivity index (χ1) is 20.4. The fourth-order valence-electron chi connectivity index (χ4n) is 5.43. The van der Waals surface area contributed by atoms with Crippen LogP contribution in [-0.4, -0.2) is 80.2 Å². The second kappa shape index (κ2) is 13.1. The van der Waals surface area contributed by atoms with Crippen molar-refractivity contribution in [3.05, 3.63) is 94.6 Å². The van der Waals surface area contributed by atoms with Gasteiger partial charge in [0.1, 0.15) is 18.1 Å². The number of amides is 1. The molecule has 2 aliphatic rings. The van der Waals surface area contributed by atoms with E-state index in [0.717, 1.165) is 18.7 Å². The number of ketones is 1. The van der Waals surface area contributed by atoms with Crippen molar-refractivity contribution in [2.24, 2.45) is 0 Å². The van der Waals surface area contributed by atoms with E-state index in [0.29, 0.717) is 66.8 Å². The van der Waals surface area contributed by atoms with E-state index in [1.54, 1.807) is 37.4 Å². The minimum absolute atomic E-state index is 0.0373. The number of methoxy groups -OCH3 is 2. The van der Waals surface area contributed by atoms with E-state index < -0.39 is 17.7 Å². The van der Waals surface area contributed by atoms with Crippen LogP contribution in [0, 0.1) is 6.92 Å². The van der Waals surface area contributed by atoms with Crippen LogP contribution in [0.3, 0.4) is 0 Å². The van der Waals surface area contributed by atoms with Crippen molar-refractivity contribution >= 4 is 17.4 Å². The van der Waals surface area contributed by atoms with Gasteiger partial charge in [-0.25, -0.2) is 0 Å². The van der Waals surface area contributed by atoms with E-state index in [1.165, 1.54) is 12.0 Å². The number of aryl methyl sites for hydroxylation is 1. The van der Waals surface area contributed by atoms with Gasteiger partial charge in [-0.15, -0.1) is 0 Å². The Balaban J connectivity index is 1.50. The van der Waals surface area contributed by atoms with Crippen molar-refractivity contribution in [2.45, 2.75) is 19.6 Å². The van der Waals surface area contributed by atoms with Crippen molar-refractivity contribution in [2.75, 3.05) is 53.6 Å². The first-order valence-electron chi connectivity index (χ1n) is 14.0. The average Bonchev–Trinajstić information content (AvgIpc) is 3.28. The van der Waals surface area contributed by atoms with Gasteiger partial charge in [0.05, 0.1) is 39.0 Å². The number of morpholine rings is 1. The maximum Gasteiger partial charge on any atom is 0.295 e. The predicted octanol–water partition coefficient (Wildman–Crippen LogP) is 4.35. The quantitative estimate of drug-likeness (QED) is 0.218. The zero-order chi connectivity index (χ0) is 29.6. The molecule has 1 N–H and O–H groups in total. The van der Waals surface area contributed by atoms with Crippen molar-refractivity contribution < 1.29 is 33.6 Å². The minimum Gasteiger partial charge on any atom is -0.507 e. The average molecular weight is 573 g/mol. The number of hydrogen-bond donors (Lipinski definition) is 1. The highest BCUT2D eigenvalue weighted by Crippen LogP contribution is 2.42. The summed E-state index contributed by atoms with van der Waals surface area (Å²) < 4.78 is 22.3. The van der Waals surface area contributed by atoms with Gasteiger partial charge < -0.3 is 29.0 Å². The molecule has 2 heterocycles. The molecule has 3 aromatic rings. The molecule has 2 aliphatic heterocycles. The van der Waals surface area contributed by atoms with Gasteiger partial charge in [-0.1, -0.05) is 36.4 Å². The molecule has 3 aromatic carbocycles. The number of aliphatic hydroxyl groups excluding tert-OH is 1. The summed E-state index contributed by atoms with van der Waals surface area (Å²) in [6.07, 6.45) is 0. The Labute approximate surface area is 245 Å². The highest BCUT2D eigenvalue weighted by molar-refractivity contribution is 6.46. The second-order valence-electron chi connectivity index (χ2n) is 10.3. The number of carbonyl (C=O) groups excluding carboxylic acids is 2. The number of benzene rings is 3. The Morgan fingerprint density at radius 3 is 2.36 bits per heavy atom. The highest BCUT2D eigenvalue weighted by Gasteiger charge is 2.46. The molecule has 1 atom stereocenters. The Hall–Kier alpha value is -4.34. The first-order valence-corrected chi connectivity index (χ1v) is 14.0. The summed E-state index contributed by atoms with van der Waals surface area (Å²) >= 11 is 0. The lowest BCUT2D eigenvalue weighted by atomic mass is 9.93. The fourth-order valence-corrected chi connectivity index (χ4v) is 5.43. The molecule has 0 aromatic heterocycles. The van der Waals surface area contributed by atoms with Crippen molar-refractivity contribution in [3.63, 3.8) is 0 Å². The zero-order valence-corrected chi connectivity index (χ0v) is 24.2. The van der Waals surface area contributed by atoms with Crippen molar-refractivity contribution in [1.82, 2.24) is 9.80 Å². The third kappa shape index (κ3) is 6.12. The monoisotopic (exact) mass is 572 g/mol. The van der Waals surface area contributed by atoms with E-state index in [2.05, 4.69) is 4.90 Å². The normalized spacial score (nSPS) is 18.7. The molecule has 0 radical (unpaired) electrons. The second-order valence-corrected chi connectivity index (χ2v) is 10.3. The summed E-state index contributed by atoms with van der Waals surface area (Å²) in [6, 6.07) is 19.6. The third-order valence-corrected chi connectivity index (χ3v) is 7.73. The number of rotatable bonds is 10. The van der Waals surface area contributed by atoms with Crippen LogP contribution in [0.25, 0.3) is 5.76 Å². The van der Waals surface area contributed by atoms with E-state index in [1.807, 2.05) is 43.3 Å². The topological polar surface area (TPSA) is 97.8 Å². The van der Waals surface area contributed by atoms with Gasteiger partial charge in [0.25, 0.3) is 11.7 Å². The molecule has 42 heavy (non-hydrogen) atoms. The van der Waals surface area contributed by atoms with Crippen LogP contribution >= 0.6 is 0 Å². The molecule has 2 fully saturated rings. The first kappa shape index (κ1) is 29.2. The largest absolute Gasteiger partial charge is 0.507 e. The molecule has 0 spiro atoms. The Morgan fingerprint density at radius 2 is 1.67 bits per heavy atom. The number of hydrogen-bond acceptors (Lipinski definition) is 8. The van der Waals surface area contributed by atoms with E-state index in [4.69, 9.17) is 18.9 Å². The molecular weight excluding hydrogens is 536 g/mol. The maximum absolute atomic E-state index is 13.6. The van der Waals surface area contributed by atoms with Gasteiger partial charge in [-0.2, -0.15) is 0 Å².